The van der Waals surface area contributed by atoms with Gasteiger partial charge in [-0.1, -0.05) is 20.8 Å². The van der Waals surface area contributed by atoms with Crippen LogP contribution in [0, 0.1) is 28.1 Å². The van der Waals surface area contributed by atoms with Crippen LogP contribution in [-0.4, -0.2) is 86.3 Å². The maximum atomic E-state index is 13.4. The molecule has 0 aromatic rings. The number of aliphatic hydroxyl groups excluding tert-OH is 3. The van der Waals surface area contributed by atoms with Crippen LogP contribution in [0.25, 0.3) is 0 Å². The normalized spacial score (nSPS) is 61.0. The summed E-state index contributed by atoms with van der Waals surface area (Å²) in [5.74, 6) is -5.22. The van der Waals surface area contributed by atoms with E-state index in [-0.39, 0.29) is 0 Å². The van der Waals surface area contributed by atoms with Crippen molar-refractivity contribution in [3.63, 3.8) is 0 Å². The first-order chi connectivity index (χ1) is 14.3. The molecule has 6 rings (SSSR count). The Kier molecular flexibility index (Phi) is 3.15. The molecular formula is C20H24O11. The second-order valence-electron chi connectivity index (χ2n) is 10.8. The van der Waals surface area contributed by atoms with Crippen LogP contribution in [0.1, 0.15) is 27.7 Å². The van der Waals surface area contributed by atoms with Crippen molar-refractivity contribution in [2.24, 2.45) is 28.1 Å². The minimum atomic E-state index is -2.40. The van der Waals surface area contributed by atoms with E-state index in [9.17, 15) is 34.8 Å². The van der Waals surface area contributed by atoms with Crippen molar-refractivity contribution in [3.05, 3.63) is 0 Å². The first-order valence-electron chi connectivity index (χ1n) is 10.3. The largest absolute Gasteiger partial charge is 0.456 e. The summed E-state index contributed by atoms with van der Waals surface area (Å²) in [6.45, 7) is 6.63. The number of carbonyl (C=O) groups excluding carboxylic acids is 3. The molecule has 4 saturated heterocycles. The summed E-state index contributed by atoms with van der Waals surface area (Å²) in [6, 6.07) is 0. The molecule has 4 N–H and O–H groups in total. The van der Waals surface area contributed by atoms with E-state index in [1.807, 2.05) is 0 Å². The molecule has 4 unspecified atom stereocenters. The van der Waals surface area contributed by atoms with Crippen LogP contribution in [0.2, 0.25) is 0 Å². The third kappa shape index (κ3) is 1.43. The average Bonchev–Trinajstić information content (AvgIpc) is 3.35. The number of fused-ring (bicyclic) bond motifs is 1. The van der Waals surface area contributed by atoms with E-state index in [0.29, 0.717) is 0 Å². The lowest BCUT2D eigenvalue weighted by Crippen LogP contribution is -2.67. The Labute approximate surface area is 176 Å². The molecule has 4 heterocycles. The molecule has 6 aliphatic rings. The van der Waals surface area contributed by atoms with Gasteiger partial charge < -0.3 is 39.4 Å². The minimum absolute atomic E-state index is 0.792. The molecule has 0 radical (unpaired) electrons. The quantitative estimate of drug-likeness (QED) is 0.234. The number of esters is 3. The predicted octanol–water partition coefficient (Wildman–Crippen LogP) is -2.40. The van der Waals surface area contributed by atoms with Crippen molar-refractivity contribution >= 4 is 17.9 Å². The van der Waals surface area contributed by atoms with Gasteiger partial charge in [0.2, 0.25) is 11.9 Å². The molecule has 0 aromatic heterocycles. The maximum Gasteiger partial charge on any atom is 0.343 e. The summed E-state index contributed by atoms with van der Waals surface area (Å²) in [5.41, 5.74) is -9.40. The van der Waals surface area contributed by atoms with Crippen LogP contribution >= 0.6 is 0 Å². The van der Waals surface area contributed by atoms with Crippen LogP contribution in [0.15, 0.2) is 0 Å². The molecule has 4 aliphatic heterocycles. The van der Waals surface area contributed by atoms with Gasteiger partial charge in [0, 0.05) is 5.92 Å². The molecule has 11 nitrogen and oxygen atoms in total. The number of carbonyl (C=O) groups is 3. The van der Waals surface area contributed by atoms with Crippen LogP contribution in [0.4, 0.5) is 0 Å². The lowest BCUT2D eigenvalue weighted by atomic mass is 9.51. The van der Waals surface area contributed by atoms with E-state index in [1.165, 1.54) is 6.92 Å². The van der Waals surface area contributed by atoms with Gasteiger partial charge in [0.25, 0.3) is 0 Å². The third-order valence-corrected chi connectivity index (χ3v) is 8.95. The van der Waals surface area contributed by atoms with Crippen LogP contribution in [-0.2, 0) is 33.3 Å². The van der Waals surface area contributed by atoms with Crippen molar-refractivity contribution in [1.82, 2.24) is 0 Å². The average molecular weight is 440 g/mol. The highest BCUT2D eigenvalue weighted by molar-refractivity contribution is 5.94. The minimum Gasteiger partial charge on any atom is -0.456 e. The lowest BCUT2D eigenvalue weighted by Gasteiger charge is -2.47. The molecule has 12 atom stereocenters. The summed E-state index contributed by atoms with van der Waals surface area (Å²) in [6.07, 6.45) is -9.69. The molecule has 31 heavy (non-hydrogen) atoms. The van der Waals surface area contributed by atoms with Crippen molar-refractivity contribution in [3.8, 4) is 0 Å². The molecular weight excluding hydrogens is 416 g/mol. The molecule has 6 fully saturated rings. The van der Waals surface area contributed by atoms with Gasteiger partial charge in [0.1, 0.15) is 12.2 Å². The van der Waals surface area contributed by atoms with E-state index in [1.54, 1.807) is 20.8 Å². The number of hydrogen-bond donors (Lipinski definition) is 4. The monoisotopic (exact) mass is 440 g/mol. The highest BCUT2D eigenvalue weighted by Crippen LogP contribution is 2.84. The summed E-state index contributed by atoms with van der Waals surface area (Å²) < 4.78 is 22.2. The van der Waals surface area contributed by atoms with E-state index >= 15 is 0 Å². The van der Waals surface area contributed by atoms with Gasteiger partial charge in [-0.3, -0.25) is 4.79 Å². The van der Waals surface area contributed by atoms with Crippen LogP contribution in [0.5, 0.6) is 0 Å². The Balaban J connectivity index is 1.75. The van der Waals surface area contributed by atoms with Gasteiger partial charge >= 0.3 is 17.9 Å². The molecule has 2 aliphatic carbocycles. The fourth-order valence-corrected chi connectivity index (χ4v) is 8.27. The smallest absolute Gasteiger partial charge is 0.343 e. The fourth-order valence-electron chi connectivity index (χ4n) is 8.27. The Morgan fingerprint density at radius 2 is 1.58 bits per heavy atom. The van der Waals surface area contributed by atoms with Crippen molar-refractivity contribution in [2.45, 2.75) is 75.7 Å². The summed E-state index contributed by atoms with van der Waals surface area (Å²) in [4.78, 5) is 38.3. The fraction of sp³-hybridized carbons (Fsp3) is 0.850. The van der Waals surface area contributed by atoms with Gasteiger partial charge in [-0.2, -0.15) is 0 Å². The maximum absolute atomic E-state index is 13.4. The van der Waals surface area contributed by atoms with Gasteiger partial charge in [-0.05, 0) is 12.3 Å². The van der Waals surface area contributed by atoms with E-state index < -0.39 is 94.0 Å². The predicted molar refractivity (Wildman–Crippen MR) is 93.4 cm³/mol. The Morgan fingerprint density at radius 1 is 0.935 bits per heavy atom. The molecule has 11 heteroatoms. The number of rotatable bonds is 0. The Morgan fingerprint density at radius 3 is 2.19 bits per heavy atom. The highest BCUT2D eigenvalue weighted by Gasteiger charge is 3.05. The van der Waals surface area contributed by atoms with Crippen molar-refractivity contribution in [2.75, 3.05) is 0 Å². The molecule has 170 valence electrons. The zero-order valence-electron chi connectivity index (χ0n) is 17.3. The second kappa shape index (κ2) is 4.91. The highest BCUT2D eigenvalue weighted by atomic mass is 16.8. The van der Waals surface area contributed by atoms with E-state index in [2.05, 4.69) is 0 Å². The topological polar surface area (TPSA) is 169 Å². The number of ether oxygens (including phenoxy) is 4. The number of hydrogen-bond acceptors (Lipinski definition) is 11. The Bertz CT molecular complexity index is 957. The SMILES string of the molecule is C[C@@H]1C(=O)O[C@H]2C(O)C34[C@@H]5OC(=O)[C@]3(O[C@@H]3OC(=O)[C@H](O)C34C(C(C)(C)C)[C@H]5O)[C@@]12O. The zero-order valence-corrected chi connectivity index (χ0v) is 17.3. The van der Waals surface area contributed by atoms with Crippen LogP contribution < -0.4 is 0 Å². The van der Waals surface area contributed by atoms with E-state index in [4.69, 9.17) is 18.9 Å². The van der Waals surface area contributed by atoms with Gasteiger partial charge in [0.05, 0.1) is 22.9 Å². The molecule has 2 saturated carbocycles. The summed E-state index contributed by atoms with van der Waals surface area (Å²) >= 11 is 0. The van der Waals surface area contributed by atoms with Crippen molar-refractivity contribution in [1.29, 1.82) is 0 Å². The summed E-state index contributed by atoms with van der Waals surface area (Å²) in [5, 5.41) is 46.1. The van der Waals surface area contributed by atoms with Crippen molar-refractivity contribution < 1.29 is 53.8 Å². The van der Waals surface area contributed by atoms with Crippen LogP contribution in [0.3, 0.4) is 0 Å². The van der Waals surface area contributed by atoms with Gasteiger partial charge in [-0.15, -0.1) is 0 Å². The molecule has 0 bridgehead atoms. The second-order valence-corrected chi connectivity index (χ2v) is 10.8. The zero-order chi connectivity index (χ0) is 22.7. The lowest BCUT2D eigenvalue weighted by molar-refractivity contribution is -0.240. The summed E-state index contributed by atoms with van der Waals surface area (Å²) in [7, 11) is 0. The van der Waals surface area contributed by atoms with E-state index in [0.717, 1.165) is 0 Å². The molecule has 2 spiro atoms. The molecule has 0 amide bonds. The van der Waals surface area contributed by atoms with Gasteiger partial charge in [0.15, 0.2) is 17.8 Å². The molecule has 0 aromatic carbocycles. The first kappa shape index (κ1) is 19.9. The standard InChI is InChI=1S/C20H24O11/c1-5-12(24)28-11-8(22)18-10-6(21)7(16(2,3)4)17(18)9(23)13(25)30-15(17)31-20(18,14(26)29-10)19(5,11)27/h5-11,15,21-23,27H,1-4H3/t5-,6-,7?,8?,9+,10-,11+,15+,17?,18?,19-,20-/m1/s1. The van der Waals surface area contributed by atoms with Gasteiger partial charge in [-0.25, -0.2) is 9.59 Å². The third-order valence-electron chi connectivity index (χ3n) is 8.95. The first-order valence-corrected chi connectivity index (χ1v) is 10.3. The number of aliphatic hydroxyl groups is 4. The Hall–Kier alpha value is -1.79.